The summed E-state index contributed by atoms with van der Waals surface area (Å²) in [4.78, 5) is 11.1. The molecular formula is C36H23N3. The molecule has 0 saturated carbocycles. The fourth-order valence-electron chi connectivity index (χ4n) is 6.05. The molecule has 0 spiro atoms. The maximum Gasteiger partial charge on any atom is 0.0723 e. The molecule has 1 aliphatic rings. The normalized spacial score (nSPS) is 11.6. The third-order valence-electron chi connectivity index (χ3n) is 7.77. The molecule has 3 nitrogen and oxygen atoms in total. The van der Waals surface area contributed by atoms with E-state index in [0.29, 0.717) is 0 Å². The van der Waals surface area contributed by atoms with Crippen molar-refractivity contribution in [2.75, 3.05) is 4.90 Å². The number of aromatic nitrogens is 2. The highest BCUT2D eigenvalue weighted by atomic mass is 15.1. The van der Waals surface area contributed by atoms with Gasteiger partial charge in [-0.1, -0.05) is 84.9 Å². The highest BCUT2D eigenvalue weighted by molar-refractivity contribution is 6.18. The summed E-state index contributed by atoms with van der Waals surface area (Å²) in [5.41, 5.74) is 11.9. The van der Waals surface area contributed by atoms with E-state index in [2.05, 4.69) is 118 Å². The summed E-state index contributed by atoms with van der Waals surface area (Å²) in [6.07, 6.45) is 5.56. The van der Waals surface area contributed by atoms with Crippen LogP contribution in [0.25, 0.3) is 55.1 Å². The Balaban J connectivity index is 1.27. The quantitative estimate of drug-likeness (QED) is 0.242. The van der Waals surface area contributed by atoms with Crippen molar-refractivity contribution in [3.63, 3.8) is 0 Å². The van der Waals surface area contributed by atoms with E-state index in [1.54, 1.807) is 0 Å². The molecule has 0 saturated heterocycles. The zero-order valence-electron chi connectivity index (χ0n) is 21.1. The van der Waals surface area contributed by atoms with Gasteiger partial charge in [0.2, 0.25) is 0 Å². The molecule has 0 fully saturated rings. The van der Waals surface area contributed by atoms with Crippen LogP contribution in [0.4, 0.5) is 17.1 Å². The zero-order chi connectivity index (χ0) is 25.8. The zero-order valence-corrected chi connectivity index (χ0v) is 21.1. The molecule has 182 valence electrons. The van der Waals surface area contributed by atoms with Gasteiger partial charge in [-0.3, -0.25) is 9.97 Å². The Hall–Kier alpha value is -5.28. The van der Waals surface area contributed by atoms with Gasteiger partial charge in [-0.2, -0.15) is 0 Å². The van der Waals surface area contributed by atoms with Crippen molar-refractivity contribution in [1.29, 1.82) is 0 Å². The number of anilines is 3. The number of hydrogen-bond donors (Lipinski definition) is 0. The van der Waals surface area contributed by atoms with Crippen molar-refractivity contribution in [1.82, 2.24) is 9.97 Å². The van der Waals surface area contributed by atoms with Gasteiger partial charge in [0.1, 0.15) is 0 Å². The number of para-hydroxylation sites is 1. The van der Waals surface area contributed by atoms with Gasteiger partial charge in [0.25, 0.3) is 0 Å². The summed E-state index contributed by atoms with van der Waals surface area (Å²) < 4.78 is 0. The number of benzene rings is 5. The Bertz CT molecular complexity index is 1980. The average Bonchev–Trinajstić information content (AvgIpc) is 3.34. The smallest absolute Gasteiger partial charge is 0.0723 e. The molecule has 2 aromatic heterocycles. The number of pyridine rings is 2. The Morgan fingerprint density at radius 2 is 1.08 bits per heavy atom. The summed E-state index contributed by atoms with van der Waals surface area (Å²) in [5.74, 6) is 0. The van der Waals surface area contributed by atoms with Crippen molar-refractivity contribution in [2.24, 2.45) is 0 Å². The van der Waals surface area contributed by atoms with Gasteiger partial charge in [-0.05, 0) is 80.6 Å². The number of fused-ring (bicyclic) bond motifs is 4. The molecule has 3 heteroatoms. The number of rotatable bonds is 4. The molecule has 0 atom stereocenters. The van der Waals surface area contributed by atoms with Crippen molar-refractivity contribution in [3.05, 3.63) is 140 Å². The molecule has 5 aromatic carbocycles. The summed E-state index contributed by atoms with van der Waals surface area (Å²) in [6.45, 7) is 0. The van der Waals surface area contributed by atoms with Crippen molar-refractivity contribution < 1.29 is 0 Å². The van der Waals surface area contributed by atoms with E-state index in [1.165, 1.54) is 44.2 Å². The van der Waals surface area contributed by atoms with Gasteiger partial charge in [0, 0.05) is 35.4 Å². The van der Waals surface area contributed by atoms with Crippen molar-refractivity contribution in [3.8, 4) is 33.4 Å². The molecule has 0 aliphatic heterocycles. The summed E-state index contributed by atoms with van der Waals surface area (Å²) in [6, 6.07) is 43.3. The van der Waals surface area contributed by atoms with Crippen LogP contribution in [-0.4, -0.2) is 9.97 Å². The molecule has 0 bridgehead atoms. The largest absolute Gasteiger partial charge is 0.310 e. The van der Waals surface area contributed by atoms with Crippen LogP contribution in [-0.2, 0) is 0 Å². The number of nitrogens with zero attached hydrogens (tertiary/aromatic N) is 3. The van der Waals surface area contributed by atoms with Crippen LogP contribution in [0.5, 0.6) is 0 Å². The van der Waals surface area contributed by atoms with E-state index in [0.717, 1.165) is 28.0 Å². The molecule has 1 aliphatic carbocycles. The van der Waals surface area contributed by atoms with Gasteiger partial charge in [-0.15, -0.1) is 0 Å². The molecule has 2 heterocycles. The minimum atomic E-state index is 0.972. The van der Waals surface area contributed by atoms with E-state index in [-0.39, 0.29) is 0 Å². The highest BCUT2D eigenvalue weighted by Crippen LogP contribution is 2.49. The molecule has 0 radical (unpaired) electrons. The molecular weight excluding hydrogens is 474 g/mol. The molecule has 0 amide bonds. The summed E-state index contributed by atoms with van der Waals surface area (Å²) >= 11 is 0. The predicted octanol–water partition coefficient (Wildman–Crippen LogP) is 9.57. The first-order valence-electron chi connectivity index (χ1n) is 13.2. The van der Waals surface area contributed by atoms with Crippen molar-refractivity contribution >= 4 is 38.7 Å². The van der Waals surface area contributed by atoms with Gasteiger partial charge in [-0.25, -0.2) is 0 Å². The second kappa shape index (κ2) is 8.64. The average molecular weight is 498 g/mol. The highest BCUT2D eigenvalue weighted by Gasteiger charge is 2.22. The fourth-order valence-corrected chi connectivity index (χ4v) is 6.05. The molecule has 39 heavy (non-hydrogen) atoms. The van der Waals surface area contributed by atoms with Gasteiger partial charge >= 0.3 is 0 Å². The minimum Gasteiger partial charge on any atom is -0.310 e. The van der Waals surface area contributed by atoms with Crippen LogP contribution in [0.2, 0.25) is 0 Å². The second-order valence-corrected chi connectivity index (χ2v) is 9.87. The van der Waals surface area contributed by atoms with Crippen LogP contribution in [0.3, 0.4) is 0 Å². The molecule has 7 aromatic rings. The number of hydrogen-bond acceptors (Lipinski definition) is 3. The Morgan fingerprint density at radius 1 is 0.436 bits per heavy atom. The Labute approximate surface area is 226 Å². The van der Waals surface area contributed by atoms with Crippen LogP contribution >= 0.6 is 0 Å². The Kier molecular flexibility index (Phi) is 4.82. The van der Waals surface area contributed by atoms with Gasteiger partial charge < -0.3 is 4.90 Å². The standard InChI is InChI=1S/C36H23N3/c1-2-7-29-28(6-1)31-10-5-9-30-27(16-17-32(29)36(30)31)24-12-14-25(15-13-24)39(26-18-21-37-22-19-26)35-20-23-38-34-11-4-3-8-33(34)35/h1-23H. The van der Waals surface area contributed by atoms with E-state index in [9.17, 15) is 0 Å². The lowest BCUT2D eigenvalue weighted by Gasteiger charge is -2.26. The lowest BCUT2D eigenvalue weighted by Crippen LogP contribution is -2.10. The van der Waals surface area contributed by atoms with E-state index in [4.69, 9.17) is 0 Å². The minimum absolute atomic E-state index is 0.972. The third kappa shape index (κ3) is 3.37. The monoisotopic (exact) mass is 497 g/mol. The van der Waals surface area contributed by atoms with E-state index < -0.39 is 0 Å². The molecule has 0 unspecified atom stereocenters. The van der Waals surface area contributed by atoms with Gasteiger partial charge in [0.05, 0.1) is 11.2 Å². The lowest BCUT2D eigenvalue weighted by molar-refractivity contribution is 1.24. The first kappa shape index (κ1) is 21.8. The summed E-state index contributed by atoms with van der Waals surface area (Å²) in [5, 5.41) is 3.75. The van der Waals surface area contributed by atoms with Crippen LogP contribution in [0, 0.1) is 0 Å². The maximum atomic E-state index is 4.59. The molecule has 8 rings (SSSR count). The first-order chi connectivity index (χ1) is 19.4. The second-order valence-electron chi connectivity index (χ2n) is 9.87. The predicted molar refractivity (Wildman–Crippen MR) is 162 cm³/mol. The van der Waals surface area contributed by atoms with E-state index >= 15 is 0 Å². The van der Waals surface area contributed by atoms with Crippen molar-refractivity contribution in [2.45, 2.75) is 0 Å². The van der Waals surface area contributed by atoms with E-state index in [1.807, 2.05) is 36.8 Å². The Morgan fingerprint density at radius 3 is 1.90 bits per heavy atom. The van der Waals surface area contributed by atoms with Crippen LogP contribution in [0.1, 0.15) is 0 Å². The fraction of sp³-hybridized carbons (Fsp3) is 0. The topological polar surface area (TPSA) is 29.0 Å². The van der Waals surface area contributed by atoms with Crippen LogP contribution in [0.15, 0.2) is 140 Å². The van der Waals surface area contributed by atoms with Gasteiger partial charge in [0.15, 0.2) is 0 Å². The summed E-state index contributed by atoms with van der Waals surface area (Å²) in [7, 11) is 0. The third-order valence-corrected chi connectivity index (χ3v) is 7.77. The molecule has 0 N–H and O–H groups in total. The lowest BCUT2D eigenvalue weighted by atomic mass is 9.94. The first-order valence-corrected chi connectivity index (χ1v) is 13.2. The van der Waals surface area contributed by atoms with Crippen LogP contribution < -0.4 is 4.90 Å². The maximum absolute atomic E-state index is 4.59. The SMILES string of the molecule is c1ccc2c(c1)-c1cccc3c(-c4ccc(N(c5ccncc5)c5ccnc6ccccc56)cc4)ccc-2c13.